The molecule has 1 aliphatic heterocycles. The van der Waals surface area contributed by atoms with E-state index >= 15 is 0 Å². The van der Waals surface area contributed by atoms with Crippen LogP contribution >= 0.6 is 0 Å². The van der Waals surface area contributed by atoms with Crippen molar-refractivity contribution in [2.24, 2.45) is 0 Å². The highest BCUT2D eigenvalue weighted by Gasteiger charge is 2.26. The number of ether oxygens (including phenoxy) is 1. The average molecular weight is 484 g/mol. The molecule has 1 saturated heterocycles. The summed E-state index contributed by atoms with van der Waals surface area (Å²) in [6, 6.07) is 7.40. The lowest BCUT2D eigenvalue weighted by atomic mass is 10.0. The van der Waals surface area contributed by atoms with Gasteiger partial charge < -0.3 is 15.8 Å². The van der Waals surface area contributed by atoms with Gasteiger partial charge in [-0.15, -0.1) is 0 Å². The van der Waals surface area contributed by atoms with Gasteiger partial charge in [0.15, 0.2) is 12.1 Å². The SMILES string of the molecule is Cc1nn(C2CCCCO2)c2ccc(-c3nc(N)nc(NC(C)(C)c4ccn(C(F)F)n4)n3)cc12. The van der Waals surface area contributed by atoms with Gasteiger partial charge in [0.2, 0.25) is 11.9 Å². The number of halogens is 2. The largest absolute Gasteiger partial charge is 0.368 e. The summed E-state index contributed by atoms with van der Waals surface area (Å²) in [4.78, 5) is 13.0. The summed E-state index contributed by atoms with van der Waals surface area (Å²) in [5.74, 6) is 0.638. The highest BCUT2D eigenvalue weighted by Crippen LogP contribution is 2.31. The third-order valence-corrected chi connectivity index (χ3v) is 6.10. The number of fused-ring (bicyclic) bond motifs is 1. The molecule has 0 spiro atoms. The molecular weight excluding hydrogens is 456 g/mol. The first-order valence-corrected chi connectivity index (χ1v) is 11.5. The fourth-order valence-corrected chi connectivity index (χ4v) is 4.27. The molecule has 35 heavy (non-hydrogen) atoms. The molecule has 1 aromatic carbocycles. The van der Waals surface area contributed by atoms with Crippen LogP contribution in [0.15, 0.2) is 30.5 Å². The molecule has 3 aromatic heterocycles. The molecule has 4 aromatic rings. The Labute approximate surface area is 200 Å². The van der Waals surface area contributed by atoms with Gasteiger partial charge in [-0.25, -0.2) is 9.36 Å². The van der Waals surface area contributed by atoms with Crippen molar-refractivity contribution in [3.8, 4) is 11.4 Å². The van der Waals surface area contributed by atoms with E-state index in [9.17, 15) is 8.78 Å². The molecule has 184 valence electrons. The van der Waals surface area contributed by atoms with E-state index in [-0.39, 0.29) is 18.1 Å². The van der Waals surface area contributed by atoms with Crippen LogP contribution in [0.4, 0.5) is 20.7 Å². The van der Waals surface area contributed by atoms with Gasteiger partial charge in [-0.3, -0.25) is 0 Å². The van der Waals surface area contributed by atoms with E-state index in [4.69, 9.17) is 15.6 Å². The molecule has 1 atom stereocenters. The van der Waals surface area contributed by atoms with Crippen LogP contribution in [0.5, 0.6) is 0 Å². The number of rotatable bonds is 6. The van der Waals surface area contributed by atoms with E-state index < -0.39 is 12.1 Å². The number of benzene rings is 1. The van der Waals surface area contributed by atoms with Gasteiger partial charge in [-0.2, -0.15) is 33.9 Å². The predicted octanol–water partition coefficient (Wildman–Crippen LogP) is 4.42. The van der Waals surface area contributed by atoms with Crippen LogP contribution in [-0.2, 0) is 10.3 Å². The van der Waals surface area contributed by atoms with Crippen LogP contribution in [0.3, 0.4) is 0 Å². The Bertz CT molecular complexity index is 1360. The van der Waals surface area contributed by atoms with E-state index in [1.54, 1.807) is 13.8 Å². The Kier molecular flexibility index (Phi) is 5.83. The first kappa shape index (κ1) is 23.1. The van der Waals surface area contributed by atoms with Crippen LogP contribution in [0.2, 0.25) is 0 Å². The molecular formula is C23H27F2N9O. The number of hydrogen-bond donors (Lipinski definition) is 2. The number of nitrogens with zero attached hydrogens (tertiary/aromatic N) is 7. The lowest BCUT2D eigenvalue weighted by Crippen LogP contribution is -2.30. The van der Waals surface area contributed by atoms with Gasteiger partial charge in [-0.1, -0.05) is 0 Å². The van der Waals surface area contributed by atoms with Crippen molar-refractivity contribution < 1.29 is 13.5 Å². The lowest BCUT2D eigenvalue weighted by Gasteiger charge is -2.24. The molecule has 0 saturated carbocycles. The Balaban J connectivity index is 1.46. The summed E-state index contributed by atoms with van der Waals surface area (Å²) in [7, 11) is 0. The number of alkyl halides is 2. The van der Waals surface area contributed by atoms with E-state index in [1.807, 2.05) is 29.8 Å². The number of nitrogens with two attached hydrogens (primary N) is 1. The lowest BCUT2D eigenvalue weighted by molar-refractivity contribution is -0.0368. The van der Waals surface area contributed by atoms with Crippen LogP contribution in [0.1, 0.15) is 57.3 Å². The van der Waals surface area contributed by atoms with E-state index in [0.717, 1.165) is 48.0 Å². The van der Waals surface area contributed by atoms with Gasteiger partial charge in [-0.05, 0) is 64.3 Å². The number of hydrogen-bond acceptors (Lipinski definition) is 8. The standard InChI is InChI=1S/C23H27F2N9O/c1-13-15-12-14(7-8-16(15)34(31-13)18-6-4-5-11-35-18)19-27-21(26)29-22(28-19)30-23(2,3)17-9-10-33(32-17)20(24)25/h7-10,12,18,20H,4-6,11H2,1-3H3,(H3,26,27,28,29,30). The van der Waals surface area contributed by atoms with Crippen LogP contribution in [0, 0.1) is 6.92 Å². The number of nitrogen functional groups attached to an aromatic ring is 1. The van der Waals surface area contributed by atoms with Crippen molar-refractivity contribution in [1.82, 2.24) is 34.5 Å². The number of anilines is 2. The minimum Gasteiger partial charge on any atom is -0.368 e. The Morgan fingerprint density at radius 3 is 2.69 bits per heavy atom. The highest BCUT2D eigenvalue weighted by molar-refractivity contribution is 5.86. The zero-order valence-corrected chi connectivity index (χ0v) is 19.7. The Morgan fingerprint density at radius 1 is 1.14 bits per heavy atom. The van der Waals surface area contributed by atoms with Crippen molar-refractivity contribution in [2.75, 3.05) is 17.7 Å². The summed E-state index contributed by atoms with van der Waals surface area (Å²) >= 11 is 0. The molecule has 1 aliphatic rings. The van der Waals surface area contributed by atoms with E-state index in [1.165, 1.54) is 12.3 Å². The zero-order chi connectivity index (χ0) is 24.7. The second-order valence-electron chi connectivity index (χ2n) is 9.13. The quantitative estimate of drug-likeness (QED) is 0.413. The maximum absolute atomic E-state index is 13.0. The van der Waals surface area contributed by atoms with E-state index in [0.29, 0.717) is 16.2 Å². The second-order valence-corrected chi connectivity index (χ2v) is 9.13. The third-order valence-electron chi connectivity index (χ3n) is 6.10. The summed E-state index contributed by atoms with van der Waals surface area (Å²) in [6.45, 7) is 3.57. The molecule has 0 aliphatic carbocycles. The monoisotopic (exact) mass is 483 g/mol. The number of nitrogens with one attached hydrogen (secondary N) is 1. The predicted molar refractivity (Wildman–Crippen MR) is 127 cm³/mol. The summed E-state index contributed by atoms with van der Waals surface area (Å²) in [5.41, 5.74) is 8.17. The Morgan fingerprint density at radius 2 is 1.97 bits per heavy atom. The highest BCUT2D eigenvalue weighted by atomic mass is 19.3. The van der Waals surface area contributed by atoms with E-state index in [2.05, 4.69) is 25.4 Å². The van der Waals surface area contributed by atoms with Crippen LogP contribution < -0.4 is 11.1 Å². The maximum Gasteiger partial charge on any atom is 0.333 e. The van der Waals surface area contributed by atoms with Crippen LogP contribution in [-0.4, -0.2) is 41.1 Å². The smallest absolute Gasteiger partial charge is 0.333 e. The number of aromatic nitrogens is 7. The molecule has 0 amide bonds. The molecule has 4 heterocycles. The molecule has 10 nitrogen and oxygen atoms in total. The third kappa shape index (κ3) is 4.53. The van der Waals surface area contributed by atoms with Crippen LogP contribution in [0.25, 0.3) is 22.3 Å². The number of aryl methyl sites for hydroxylation is 1. The summed E-state index contributed by atoms with van der Waals surface area (Å²) in [5, 5.41) is 12.8. The zero-order valence-electron chi connectivity index (χ0n) is 19.7. The molecule has 0 bridgehead atoms. The first-order chi connectivity index (χ1) is 16.7. The van der Waals surface area contributed by atoms with Crippen molar-refractivity contribution in [2.45, 2.75) is 58.3 Å². The normalized spacial score (nSPS) is 16.8. The van der Waals surface area contributed by atoms with Gasteiger partial charge in [0.1, 0.15) is 0 Å². The molecule has 0 radical (unpaired) electrons. The fourth-order valence-electron chi connectivity index (χ4n) is 4.27. The average Bonchev–Trinajstić information content (AvgIpc) is 3.45. The van der Waals surface area contributed by atoms with Gasteiger partial charge >= 0.3 is 6.55 Å². The molecule has 1 fully saturated rings. The fraction of sp³-hybridized carbons (Fsp3) is 0.435. The Hall–Kier alpha value is -3.67. The second kappa shape index (κ2) is 8.84. The topological polar surface area (TPSA) is 122 Å². The minimum absolute atomic E-state index is 0.0366. The van der Waals surface area contributed by atoms with Crippen molar-refractivity contribution in [3.05, 3.63) is 41.9 Å². The van der Waals surface area contributed by atoms with Crippen molar-refractivity contribution in [1.29, 1.82) is 0 Å². The summed E-state index contributed by atoms with van der Waals surface area (Å²) < 4.78 is 34.4. The maximum atomic E-state index is 13.0. The van der Waals surface area contributed by atoms with Gasteiger partial charge in [0.25, 0.3) is 0 Å². The molecule has 1 unspecified atom stereocenters. The van der Waals surface area contributed by atoms with Gasteiger partial charge in [0.05, 0.1) is 22.4 Å². The molecule has 12 heteroatoms. The van der Waals surface area contributed by atoms with Gasteiger partial charge in [0, 0.05) is 23.8 Å². The molecule has 3 N–H and O–H groups in total. The summed E-state index contributed by atoms with van der Waals surface area (Å²) in [6.07, 6.45) is 4.28. The minimum atomic E-state index is -2.72. The van der Waals surface area contributed by atoms with Crippen molar-refractivity contribution >= 4 is 22.8 Å². The van der Waals surface area contributed by atoms with Crippen molar-refractivity contribution in [3.63, 3.8) is 0 Å². The first-order valence-electron chi connectivity index (χ1n) is 11.5. The molecule has 5 rings (SSSR count).